The van der Waals surface area contributed by atoms with E-state index in [1.54, 1.807) is 30.6 Å². The predicted molar refractivity (Wildman–Crippen MR) is 75.2 cm³/mol. The van der Waals surface area contributed by atoms with Gasteiger partial charge in [0, 0.05) is 0 Å². The molecule has 0 amide bonds. The molecule has 0 aliphatic heterocycles. The minimum absolute atomic E-state index is 0.0660. The monoisotopic (exact) mass is 270 g/mol. The molecule has 0 saturated heterocycles. The maximum absolute atomic E-state index is 12.0. The summed E-state index contributed by atoms with van der Waals surface area (Å²) in [6.07, 6.45) is 3.35. The van der Waals surface area contributed by atoms with E-state index in [-0.39, 0.29) is 11.7 Å². The first kappa shape index (κ1) is 12.4. The first-order chi connectivity index (χ1) is 9.63. The van der Waals surface area contributed by atoms with Crippen LogP contribution in [0.4, 0.5) is 0 Å². The number of ether oxygens (including phenoxy) is 1. The summed E-state index contributed by atoms with van der Waals surface area (Å²) >= 11 is 0. The quantitative estimate of drug-likeness (QED) is 0.789. The molecule has 3 aromatic rings. The number of fused-ring (bicyclic) bond motifs is 1. The Bertz CT molecular complexity index is 804. The highest BCUT2D eigenvalue weighted by Gasteiger charge is 2.08. The Morgan fingerprint density at radius 1 is 1.30 bits per heavy atom. The van der Waals surface area contributed by atoms with Crippen LogP contribution in [-0.4, -0.2) is 25.9 Å². The van der Waals surface area contributed by atoms with E-state index in [1.807, 2.05) is 19.9 Å². The molecule has 1 N–H and O–H groups in total. The molecule has 20 heavy (non-hydrogen) atoms. The lowest BCUT2D eigenvalue weighted by molar-refractivity contribution is 0.242. The smallest absolute Gasteiger partial charge is 0.260 e. The molecule has 102 valence electrons. The van der Waals surface area contributed by atoms with Crippen LogP contribution in [0.25, 0.3) is 16.9 Å². The molecule has 2 heterocycles. The van der Waals surface area contributed by atoms with Crippen LogP contribution in [0.15, 0.2) is 41.5 Å². The molecule has 6 nitrogen and oxygen atoms in total. The molecule has 0 saturated carbocycles. The average molecular weight is 270 g/mol. The highest BCUT2D eigenvalue weighted by molar-refractivity contribution is 5.77. The van der Waals surface area contributed by atoms with Crippen LogP contribution in [0, 0.1) is 0 Å². The van der Waals surface area contributed by atoms with Crippen molar-refractivity contribution >= 4 is 10.9 Å². The summed E-state index contributed by atoms with van der Waals surface area (Å²) in [7, 11) is 0. The van der Waals surface area contributed by atoms with Gasteiger partial charge in [-0.25, -0.2) is 9.67 Å². The minimum Gasteiger partial charge on any atom is -0.488 e. The molecule has 0 aliphatic carbocycles. The Balaban J connectivity index is 2.06. The fourth-order valence-corrected chi connectivity index (χ4v) is 1.94. The standard InChI is InChI=1S/C14H14N4O2/c1-9(2)20-10-7-15-18(8-10)14-16-12-6-4-3-5-11(12)13(19)17-14/h3-9H,1-2H3,(H,16,17,19). The van der Waals surface area contributed by atoms with Gasteiger partial charge in [-0.05, 0) is 26.0 Å². The van der Waals surface area contributed by atoms with Crippen LogP contribution in [0.5, 0.6) is 5.75 Å². The molecule has 0 bridgehead atoms. The summed E-state index contributed by atoms with van der Waals surface area (Å²) in [6, 6.07) is 7.18. The van der Waals surface area contributed by atoms with Gasteiger partial charge in [-0.3, -0.25) is 9.78 Å². The Hall–Kier alpha value is -2.63. The zero-order chi connectivity index (χ0) is 14.1. The molecule has 0 aliphatic rings. The van der Waals surface area contributed by atoms with Gasteiger partial charge in [0.05, 0.1) is 29.4 Å². The highest BCUT2D eigenvalue weighted by atomic mass is 16.5. The second-order valence-electron chi connectivity index (χ2n) is 4.69. The molecule has 0 atom stereocenters. The summed E-state index contributed by atoms with van der Waals surface area (Å²) in [5, 5.41) is 4.70. The third-order valence-corrected chi connectivity index (χ3v) is 2.75. The topological polar surface area (TPSA) is 72.8 Å². The van der Waals surface area contributed by atoms with Crippen molar-refractivity contribution in [2.75, 3.05) is 0 Å². The lowest BCUT2D eigenvalue weighted by Gasteiger charge is -2.05. The number of para-hydroxylation sites is 1. The van der Waals surface area contributed by atoms with E-state index >= 15 is 0 Å². The third kappa shape index (κ3) is 2.27. The van der Waals surface area contributed by atoms with Gasteiger partial charge >= 0.3 is 0 Å². The Morgan fingerprint density at radius 3 is 2.90 bits per heavy atom. The van der Waals surface area contributed by atoms with Crippen LogP contribution in [0.1, 0.15) is 13.8 Å². The normalized spacial score (nSPS) is 11.2. The van der Waals surface area contributed by atoms with Crippen molar-refractivity contribution in [3.8, 4) is 11.7 Å². The van der Waals surface area contributed by atoms with Crippen LogP contribution in [-0.2, 0) is 0 Å². The van der Waals surface area contributed by atoms with Crippen molar-refractivity contribution in [2.45, 2.75) is 20.0 Å². The third-order valence-electron chi connectivity index (χ3n) is 2.75. The van der Waals surface area contributed by atoms with Gasteiger partial charge in [-0.2, -0.15) is 5.10 Å². The summed E-state index contributed by atoms with van der Waals surface area (Å²) in [6.45, 7) is 3.88. The summed E-state index contributed by atoms with van der Waals surface area (Å²) in [5.41, 5.74) is 0.445. The molecular formula is C14H14N4O2. The van der Waals surface area contributed by atoms with E-state index < -0.39 is 0 Å². The van der Waals surface area contributed by atoms with E-state index in [2.05, 4.69) is 15.1 Å². The highest BCUT2D eigenvalue weighted by Crippen LogP contribution is 2.13. The number of nitrogens with zero attached hydrogens (tertiary/aromatic N) is 3. The molecule has 0 spiro atoms. The van der Waals surface area contributed by atoms with E-state index in [4.69, 9.17) is 4.74 Å². The summed E-state index contributed by atoms with van der Waals surface area (Å²) in [4.78, 5) is 19.1. The molecule has 0 unspecified atom stereocenters. The zero-order valence-corrected chi connectivity index (χ0v) is 11.2. The largest absolute Gasteiger partial charge is 0.488 e. The van der Waals surface area contributed by atoms with Crippen LogP contribution in [0.2, 0.25) is 0 Å². The van der Waals surface area contributed by atoms with Crippen molar-refractivity contribution in [1.82, 2.24) is 19.7 Å². The van der Waals surface area contributed by atoms with Crippen molar-refractivity contribution in [2.24, 2.45) is 0 Å². The van der Waals surface area contributed by atoms with Gasteiger partial charge in [-0.15, -0.1) is 0 Å². The molecular weight excluding hydrogens is 256 g/mol. The molecule has 3 rings (SSSR count). The fourth-order valence-electron chi connectivity index (χ4n) is 1.94. The Labute approximate surface area is 115 Å². The summed E-state index contributed by atoms with van der Waals surface area (Å²) < 4.78 is 7.02. The van der Waals surface area contributed by atoms with Gasteiger partial charge in [-0.1, -0.05) is 12.1 Å². The number of nitrogens with one attached hydrogen (secondary N) is 1. The molecule has 1 aromatic carbocycles. The molecule has 2 aromatic heterocycles. The second kappa shape index (κ2) is 4.80. The number of benzene rings is 1. The zero-order valence-electron chi connectivity index (χ0n) is 11.2. The number of aromatic nitrogens is 4. The van der Waals surface area contributed by atoms with Crippen molar-refractivity contribution in [3.63, 3.8) is 0 Å². The second-order valence-corrected chi connectivity index (χ2v) is 4.69. The van der Waals surface area contributed by atoms with Gasteiger partial charge in [0.2, 0.25) is 5.95 Å². The van der Waals surface area contributed by atoms with Crippen LogP contribution < -0.4 is 10.3 Å². The average Bonchev–Trinajstić information content (AvgIpc) is 2.86. The maximum atomic E-state index is 12.0. The van der Waals surface area contributed by atoms with Crippen LogP contribution >= 0.6 is 0 Å². The number of hydrogen-bond donors (Lipinski definition) is 1. The van der Waals surface area contributed by atoms with E-state index in [0.717, 1.165) is 0 Å². The van der Waals surface area contributed by atoms with Crippen molar-refractivity contribution in [1.29, 1.82) is 0 Å². The number of rotatable bonds is 3. The van der Waals surface area contributed by atoms with Gasteiger partial charge in [0.1, 0.15) is 0 Å². The summed E-state index contributed by atoms with van der Waals surface area (Å²) in [5.74, 6) is 1.00. The van der Waals surface area contributed by atoms with E-state index in [9.17, 15) is 4.79 Å². The molecule has 0 radical (unpaired) electrons. The fraction of sp³-hybridized carbons (Fsp3) is 0.214. The van der Waals surface area contributed by atoms with Crippen molar-refractivity contribution in [3.05, 3.63) is 47.0 Å². The van der Waals surface area contributed by atoms with Gasteiger partial charge in [0.15, 0.2) is 5.75 Å². The van der Waals surface area contributed by atoms with Crippen LogP contribution in [0.3, 0.4) is 0 Å². The Morgan fingerprint density at radius 2 is 2.10 bits per heavy atom. The lowest BCUT2D eigenvalue weighted by Crippen LogP contribution is -2.13. The predicted octanol–water partition coefficient (Wildman–Crippen LogP) is 1.90. The number of hydrogen-bond acceptors (Lipinski definition) is 4. The first-order valence-corrected chi connectivity index (χ1v) is 6.34. The van der Waals surface area contributed by atoms with Gasteiger partial charge in [0.25, 0.3) is 5.56 Å². The molecule has 6 heteroatoms. The lowest BCUT2D eigenvalue weighted by atomic mass is 10.2. The van der Waals surface area contributed by atoms with Gasteiger partial charge < -0.3 is 4.74 Å². The SMILES string of the molecule is CC(C)Oc1cnn(-c2nc3ccccc3c(=O)[nH]2)c1. The van der Waals surface area contributed by atoms with E-state index in [0.29, 0.717) is 22.6 Å². The minimum atomic E-state index is -0.188. The molecule has 0 fully saturated rings. The number of aromatic amines is 1. The maximum Gasteiger partial charge on any atom is 0.260 e. The van der Waals surface area contributed by atoms with Crippen molar-refractivity contribution < 1.29 is 4.74 Å². The van der Waals surface area contributed by atoms with E-state index in [1.165, 1.54) is 4.68 Å². The first-order valence-electron chi connectivity index (χ1n) is 6.34. The Kier molecular flexibility index (Phi) is 2.98. The number of H-pyrrole nitrogens is 1.